The minimum Gasteiger partial charge on any atom is -0.489 e. The van der Waals surface area contributed by atoms with Crippen LogP contribution in [0, 0.1) is 11.3 Å². The van der Waals surface area contributed by atoms with Crippen LogP contribution in [0.4, 0.5) is 0 Å². The standard InChI is InChI=1S/C30H28N4O3/c31-19-23-17-22(7-8-28(23)37-24-10-15-36-16-11-24)25-9-12-32-29-26(25)18-27(33-29)20-3-5-21(6-4-20)30(35)34-13-1-2-14-34/h3-9,12,17-18,24H,1-2,10-11,13-16H2,(H,32,33). The van der Waals surface area contributed by atoms with E-state index in [2.05, 4.69) is 22.1 Å². The summed E-state index contributed by atoms with van der Waals surface area (Å²) in [7, 11) is 0. The van der Waals surface area contributed by atoms with Crippen molar-refractivity contribution in [3.8, 4) is 34.2 Å². The number of benzene rings is 2. The Labute approximate surface area is 215 Å². The molecule has 0 unspecified atom stereocenters. The maximum Gasteiger partial charge on any atom is 0.253 e. The first-order valence-corrected chi connectivity index (χ1v) is 12.9. The maximum absolute atomic E-state index is 12.7. The SMILES string of the molecule is N#Cc1cc(-c2ccnc3[nH]c(-c4ccc(C(=O)N5CCCC5)cc4)cc23)ccc1OC1CCOCC1. The summed E-state index contributed by atoms with van der Waals surface area (Å²) in [5, 5.41) is 10.8. The fourth-order valence-electron chi connectivity index (χ4n) is 5.19. The molecule has 1 N–H and O–H groups in total. The van der Waals surface area contributed by atoms with Gasteiger partial charge >= 0.3 is 0 Å². The Morgan fingerprint density at radius 1 is 1.03 bits per heavy atom. The van der Waals surface area contributed by atoms with E-state index >= 15 is 0 Å². The molecule has 6 rings (SSSR count). The number of H-pyrrole nitrogens is 1. The van der Waals surface area contributed by atoms with Gasteiger partial charge in [0.05, 0.1) is 18.8 Å². The maximum atomic E-state index is 12.7. The van der Waals surface area contributed by atoms with Crippen LogP contribution in [-0.2, 0) is 4.74 Å². The molecule has 2 aliphatic rings. The first-order chi connectivity index (χ1) is 18.2. The molecule has 0 bridgehead atoms. The summed E-state index contributed by atoms with van der Waals surface area (Å²) in [5.41, 5.74) is 5.83. The van der Waals surface area contributed by atoms with Gasteiger partial charge in [0.15, 0.2) is 0 Å². The van der Waals surface area contributed by atoms with Crippen molar-refractivity contribution in [2.75, 3.05) is 26.3 Å². The Kier molecular flexibility index (Phi) is 6.33. The lowest BCUT2D eigenvalue weighted by Crippen LogP contribution is -2.27. The quantitative estimate of drug-likeness (QED) is 0.394. The van der Waals surface area contributed by atoms with Gasteiger partial charge in [-0.2, -0.15) is 5.26 Å². The zero-order valence-corrected chi connectivity index (χ0v) is 20.6. The first-order valence-electron chi connectivity index (χ1n) is 12.9. The number of hydrogen-bond acceptors (Lipinski definition) is 5. The number of nitrogens with one attached hydrogen (secondary N) is 1. The Hall–Kier alpha value is -4.15. The second-order valence-corrected chi connectivity index (χ2v) is 9.63. The largest absolute Gasteiger partial charge is 0.489 e. The average molecular weight is 493 g/mol. The fourth-order valence-corrected chi connectivity index (χ4v) is 5.19. The van der Waals surface area contributed by atoms with Crippen LogP contribution in [0.1, 0.15) is 41.6 Å². The minimum absolute atomic E-state index is 0.0728. The molecule has 37 heavy (non-hydrogen) atoms. The molecule has 2 aromatic heterocycles. The average Bonchev–Trinajstić information content (AvgIpc) is 3.64. The number of pyridine rings is 1. The zero-order chi connectivity index (χ0) is 25.2. The molecular weight excluding hydrogens is 464 g/mol. The van der Waals surface area contributed by atoms with E-state index in [-0.39, 0.29) is 12.0 Å². The Balaban J connectivity index is 1.28. The molecule has 0 radical (unpaired) electrons. The van der Waals surface area contributed by atoms with E-state index in [4.69, 9.17) is 9.47 Å². The number of ether oxygens (including phenoxy) is 2. The summed E-state index contributed by atoms with van der Waals surface area (Å²) >= 11 is 0. The number of nitriles is 1. The third-order valence-corrected chi connectivity index (χ3v) is 7.24. The molecule has 0 aliphatic carbocycles. The normalized spacial score (nSPS) is 16.1. The van der Waals surface area contributed by atoms with Crippen molar-refractivity contribution in [3.63, 3.8) is 0 Å². The van der Waals surface area contributed by atoms with Crippen molar-refractivity contribution < 1.29 is 14.3 Å². The number of rotatable bonds is 5. The van der Waals surface area contributed by atoms with Crippen LogP contribution in [0.25, 0.3) is 33.4 Å². The van der Waals surface area contributed by atoms with Gasteiger partial charge in [-0.1, -0.05) is 18.2 Å². The van der Waals surface area contributed by atoms with Gasteiger partial charge in [-0.25, -0.2) is 4.98 Å². The van der Waals surface area contributed by atoms with Crippen LogP contribution in [0.2, 0.25) is 0 Å². The molecule has 1 amide bonds. The van der Waals surface area contributed by atoms with Crippen molar-refractivity contribution in [1.29, 1.82) is 5.26 Å². The topological polar surface area (TPSA) is 91.2 Å². The Bertz CT molecular complexity index is 1470. The fraction of sp³-hybridized carbons (Fsp3) is 0.300. The minimum atomic E-state index is 0.0728. The van der Waals surface area contributed by atoms with E-state index < -0.39 is 0 Å². The monoisotopic (exact) mass is 492 g/mol. The molecule has 7 heteroatoms. The van der Waals surface area contributed by atoms with Gasteiger partial charge in [-0.05, 0) is 65.9 Å². The number of amides is 1. The van der Waals surface area contributed by atoms with E-state index in [9.17, 15) is 10.1 Å². The predicted octanol–water partition coefficient (Wildman–Crippen LogP) is 5.56. The van der Waals surface area contributed by atoms with Crippen LogP contribution >= 0.6 is 0 Å². The lowest BCUT2D eigenvalue weighted by Gasteiger charge is -2.23. The van der Waals surface area contributed by atoms with Crippen LogP contribution in [0.15, 0.2) is 60.8 Å². The van der Waals surface area contributed by atoms with Crippen LogP contribution in [-0.4, -0.2) is 53.2 Å². The number of fused-ring (bicyclic) bond motifs is 1. The molecule has 0 atom stereocenters. The van der Waals surface area contributed by atoms with Gasteiger partial charge in [0, 0.05) is 48.8 Å². The van der Waals surface area contributed by atoms with Gasteiger partial charge in [-0.15, -0.1) is 0 Å². The van der Waals surface area contributed by atoms with Gasteiger partial charge in [0.2, 0.25) is 0 Å². The van der Waals surface area contributed by atoms with E-state index in [1.807, 2.05) is 53.4 Å². The van der Waals surface area contributed by atoms with Gasteiger partial charge in [0.1, 0.15) is 23.6 Å². The molecular formula is C30H28N4O3. The molecule has 186 valence electrons. The highest BCUT2D eigenvalue weighted by molar-refractivity contribution is 5.97. The van der Waals surface area contributed by atoms with E-state index in [1.165, 1.54) is 0 Å². The predicted molar refractivity (Wildman–Crippen MR) is 141 cm³/mol. The summed E-state index contributed by atoms with van der Waals surface area (Å²) in [5.74, 6) is 0.712. The Morgan fingerprint density at radius 3 is 2.54 bits per heavy atom. The molecule has 0 spiro atoms. The summed E-state index contributed by atoms with van der Waals surface area (Å²) in [6, 6.07) is 19.9. The third-order valence-electron chi connectivity index (χ3n) is 7.24. The number of aromatic amines is 1. The molecule has 4 aromatic rings. The molecule has 2 saturated heterocycles. The highest BCUT2D eigenvalue weighted by Gasteiger charge is 2.20. The lowest BCUT2D eigenvalue weighted by atomic mass is 10.0. The molecule has 7 nitrogen and oxygen atoms in total. The second kappa shape index (κ2) is 10.1. The third kappa shape index (κ3) is 4.68. The van der Waals surface area contributed by atoms with E-state index in [0.717, 1.165) is 72.2 Å². The van der Waals surface area contributed by atoms with E-state index in [0.29, 0.717) is 30.1 Å². The number of carbonyl (C=O) groups excluding carboxylic acids is 1. The molecule has 2 aliphatic heterocycles. The van der Waals surface area contributed by atoms with Crippen molar-refractivity contribution in [2.24, 2.45) is 0 Å². The van der Waals surface area contributed by atoms with E-state index in [1.54, 1.807) is 6.20 Å². The van der Waals surface area contributed by atoms with Gasteiger partial charge in [-0.3, -0.25) is 4.79 Å². The smallest absolute Gasteiger partial charge is 0.253 e. The summed E-state index contributed by atoms with van der Waals surface area (Å²) in [6.45, 7) is 3.06. The van der Waals surface area contributed by atoms with Crippen LogP contribution < -0.4 is 4.74 Å². The molecule has 0 saturated carbocycles. The van der Waals surface area contributed by atoms with Gasteiger partial charge < -0.3 is 19.4 Å². The van der Waals surface area contributed by atoms with Crippen molar-refractivity contribution in [3.05, 3.63) is 71.9 Å². The summed E-state index contributed by atoms with van der Waals surface area (Å²) < 4.78 is 11.5. The lowest BCUT2D eigenvalue weighted by molar-refractivity contribution is 0.0254. The highest BCUT2D eigenvalue weighted by Crippen LogP contribution is 2.34. The molecule has 4 heterocycles. The van der Waals surface area contributed by atoms with Crippen molar-refractivity contribution in [2.45, 2.75) is 31.8 Å². The van der Waals surface area contributed by atoms with Crippen LogP contribution in [0.5, 0.6) is 5.75 Å². The van der Waals surface area contributed by atoms with Crippen LogP contribution in [0.3, 0.4) is 0 Å². The molecule has 2 fully saturated rings. The number of nitrogens with zero attached hydrogens (tertiary/aromatic N) is 3. The Morgan fingerprint density at radius 2 is 1.78 bits per heavy atom. The number of hydrogen-bond donors (Lipinski definition) is 1. The summed E-state index contributed by atoms with van der Waals surface area (Å²) in [4.78, 5) is 22.6. The van der Waals surface area contributed by atoms with Gasteiger partial charge in [0.25, 0.3) is 5.91 Å². The van der Waals surface area contributed by atoms with Crippen molar-refractivity contribution in [1.82, 2.24) is 14.9 Å². The van der Waals surface area contributed by atoms with Crippen molar-refractivity contribution >= 4 is 16.9 Å². The highest BCUT2D eigenvalue weighted by atomic mass is 16.5. The number of carbonyl (C=O) groups is 1. The molecule has 2 aromatic carbocycles. The zero-order valence-electron chi connectivity index (χ0n) is 20.6. The number of likely N-dealkylation sites (tertiary alicyclic amines) is 1. The summed E-state index contributed by atoms with van der Waals surface area (Å²) in [6.07, 6.45) is 5.66. The number of aromatic nitrogens is 2. The first kappa shape index (κ1) is 23.3. The second-order valence-electron chi connectivity index (χ2n) is 9.63.